The van der Waals surface area contributed by atoms with Crippen molar-refractivity contribution in [3.8, 4) is 45.0 Å². The van der Waals surface area contributed by atoms with Crippen LogP contribution in [0.2, 0.25) is 0 Å². The minimum atomic E-state index is -0.781. The maximum Gasteiger partial charge on any atom is 0.320 e. The van der Waals surface area contributed by atoms with Crippen molar-refractivity contribution >= 4 is 11.6 Å². The lowest BCUT2D eigenvalue weighted by atomic mass is 9.93. The fraction of sp³-hybridized carbons (Fsp3) is 0.257. The van der Waals surface area contributed by atoms with Gasteiger partial charge >= 0.3 is 5.97 Å². The van der Waals surface area contributed by atoms with Crippen molar-refractivity contribution in [1.29, 1.82) is 0 Å². The monoisotopic (exact) mass is 561 g/mol. The van der Waals surface area contributed by atoms with Crippen LogP contribution in [0.1, 0.15) is 30.4 Å². The molecule has 1 aliphatic heterocycles. The van der Waals surface area contributed by atoms with Gasteiger partial charge in [-0.15, -0.1) is 0 Å². The van der Waals surface area contributed by atoms with E-state index >= 15 is 0 Å². The summed E-state index contributed by atoms with van der Waals surface area (Å²) in [6, 6.07) is 24.6. The molecule has 42 heavy (non-hydrogen) atoms. The number of aromatic nitrogens is 2. The maximum atomic E-state index is 11.9. The summed E-state index contributed by atoms with van der Waals surface area (Å²) in [6.45, 7) is 3.34. The number of rotatable bonds is 8. The van der Waals surface area contributed by atoms with Crippen LogP contribution in [0, 0.1) is 6.92 Å². The minimum Gasteiger partial charge on any atom is -0.496 e. The first-order valence-corrected chi connectivity index (χ1v) is 14.3. The highest BCUT2D eigenvalue weighted by Crippen LogP contribution is 2.38. The molecule has 1 fully saturated rings. The van der Waals surface area contributed by atoms with Crippen molar-refractivity contribution in [2.75, 3.05) is 20.8 Å². The van der Waals surface area contributed by atoms with Gasteiger partial charge in [0.1, 0.15) is 23.2 Å². The number of ether oxygens (including phenoxy) is 2. The van der Waals surface area contributed by atoms with E-state index in [4.69, 9.17) is 14.5 Å². The molecule has 0 bridgehead atoms. The van der Waals surface area contributed by atoms with Gasteiger partial charge in [0.2, 0.25) is 0 Å². The third-order valence-electron chi connectivity index (χ3n) is 8.41. The molecule has 3 heterocycles. The SMILES string of the molecule is COc1cc(-c2cnc3cc(-c4cccc(-c5ccccc5)c4C)ccn23)cc(OC)c1CN1CCCCC1C(=O)O. The summed E-state index contributed by atoms with van der Waals surface area (Å²) in [5.74, 6) is 0.550. The molecule has 7 nitrogen and oxygen atoms in total. The Morgan fingerprint density at radius 2 is 1.62 bits per heavy atom. The molecule has 0 spiro atoms. The Morgan fingerprint density at radius 3 is 2.31 bits per heavy atom. The van der Waals surface area contributed by atoms with Crippen LogP contribution in [-0.2, 0) is 11.3 Å². The summed E-state index contributed by atoms with van der Waals surface area (Å²) in [7, 11) is 3.28. The highest BCUT2D eigenvalue weighted by atomic mass is 16.5. The molecule has 0 radical (unpaired) electrons. The van der Waals surface area contributed by atoms with Crippen LogP contribution < -0.4 is 9.47 Å². The molecule has 1 N–H and O–H groups in total. The molecule has 6 rings (SSSR count). The number of hydrogen-bond donors (Lipinski definition) is 1. The second kappa shape index (κ2) is 11.7. The van der Waals surface area contributed by atoms with E-state index in [1.807, 2.05) is 29.3 Å². The van der Waals surface area contributed by atoms with E-state index in [2.05, 4.69) is 72.1 Å². The average molecular weight is 562 g/mol. The molecule has 2 aromatic heterocycles. The Labute approximate surface area is 246 Å². The first-order chi connectivity index (χ1) is 20.5. The van der Waals surface area contributed by atoms with Crippen LogP contribution >= 0.6 is 0 Å². The molecule has 7 heteroatoms. The second-order valence-corrected chi connectivity index (χ2v) is 10.8. The van der Waals surface area contributed by atoms with Gasteiger partial charge < -0.3 is 14.6 Å². The summed E-state index contributed by atoms with van der Waals surface area (Å²) in [5, 5.41) is 9.77. The number of carboxylic acid groups (broad SMARTS) is 1. The molecular weight excluding hydrogens is 526 g/mol. The van der Waals surface area contributed by atoms with Gasteiger partial charge in [0.25, 0.3) is 0 Å². The number of nitrogens with zero attached hydrogens (tertiary/aromatic N) is 3. The molecule has 0 amide bonds. The Bertz CT molecular complexity index is 1720. The van der Waals surface area contributed by atoms with Crippen LogP contribution in [0.4, 0.5) is 0 Å². The fourth-order valence-electron chi connectivity index (χ4n) is 6.19. The highest BCUT2D eigenvalue weighted by Gasteiger charge is 2.30. The third-order valence-corrected chi connectivity index (χ3v) is 8.41. The van der Waals surface area contributed by atoms with Crippen molar-refractivity contribution in [3.63, 3.8) is 0 Å². The predicted octanol–water partition coefficient (Wildman–Crippen LogP) is 7.10. The van der Waals surface area contributed by atoms with E-state index in [0.717, 1.165) is 47.4 Å². The number of hydrogen-bond acceptors (Lipinski definition) is 5. The number of carboxylic acids is 1. The average Bonchev–Trinajstić information content (AvgIpc) is 3.45. The van der Waals surface area contributed by atoms with Gasteiger partial charge in [0.05, 0.1) is 31.7 Å². The Morgan fingerprint density at radius 1 is 0.905 bits per heavy atom. The van der Waals surface area contributed by atoms with Crippen molar-refractivity contribution in [1.82, 2.24) is 14.3 Å². The number of fused-ring (bicyclic) bond motifs is 1. The Balaban J connectivity index is 1.35. The quantitative estimate of drug-likeness (QED) is 0.218. The minimum absolute atomic E-state index is 0.446. The number of carbonyl (C=O) groups is 1. The molecule has 0 saturated carbocycles. The van der Waals surface area contributed by atoms with E-state index in [1.54, 1.807) is 14.2 Å². The molecule has 5 aromatic rings. The van der Waals surface area contributed by atoms with Gasteiger partial charge in [-0.25, -0.2) is 4.98 Å². The number of methoxy groups -OCH3 is 2. The number of benzene rings is 3. The molecule has 1 atom stereocenters. The van der Waals surface area contributed by atoms with Gasteiger partial charge in [-0.2, -0.15) is 0 Å². The van der Waals surface area contributed by atoms with Gasteiger partial charge in [0, 0.05) is 18.3 Å². The van der Waals surface area contributed by atoms with Crippen molar-refractivity contribution < 1.29 is 19.4 Å². The zero-order chi connectivity index (χ0) is 29.2. The standard InChI is InChI=1S/C35H35N3O4/c1-23-27(24-10-5-4-6-11-24)12-9-13-28(23)25-15-17-38-31(21-36-34(38)20-25)26-18-32(41-2)29(33(19-26)42-3)22-37-16-8-7-14-30(37)35(39)40/h4-6,9-13,15,17-21,30H,7-8,14,16,22H2,1-3H3,(H,39,40). The summed E-state index contributed by atoms with van der Waals surface area (Å²) < 4.78 is 13.7. The fourth-order valence-corrected chi connectivity index (χ4v) is 6.19. The lowest BCUT2D eigenvalue weighted by Gasteiger charge is -2.33. The topological polar surface area (TPSA) is 76.3 Å². The van der Waals surface area contributed by atoms with E-state index in [-0.39, 0.29) is 0 Å². The van der Waals surface area contributed by atoms with E-state index in [0.29, 0.717) is 24.5 Å². The van der Waals surface area contributed by atoms with Crippen LogP contribution in [0.5, 0.6) is 11.5 Å². The number of piperidine rings is 1. The predicted molar refractivity (Wildman–Crippen MR) is 165 cm³/mol. The summed E-state index contributed by atoms with van der Waals surface area (Å²) >= 11 is 0. The Hall–Kier alpha value is -4.62. The van der Waals surface area contributed by atoms with E-state index in [1.165, 1.54) is 22.3 Å². The van der Waals surface area contributed by atoms with Crippen molar-refractivity contribution in [2.24, 2.45) is 0 Å². The van der Waals surface area contributed by atoms with Crippen LogP contribution in [-0.4, -0.2) is 52.2 Å². The van der Waals surface area contributed by atoms with Crippen molar-refractivity contribution in [2.45, 2.75) is 38.8 Å². The van der Waals surface area contributed by atoms with Gasteiger partial charge in [-0.1, -0.05) is 55.0 Å². The molecule has 1 saturated heterocycles. The first-order valence-electron chi connectivity index (χ1n) is 14.3. The van der Waals surface area contributed by atoms with Gasteiger partial charge in [-0.3, -0.25) is 14.1 Å². The number of aliphatic carboxylic acids is 1. The van der Waals surface area contributed by atoms with E-state index < -0.39 is 12.0 Å². The normalized spacial score (nSPS) is 15.5. The molecule has 1 unspecified atom stereocenters. The van der Waals surface area contributed by atoms with Gasteiger partial charge in [0.15, 0.2) is 0 Å². The molecule has 1 aliphatic rings. The lowest BCUT2D eigenvalue weighted by Crippen LogP contribution is -2.44. The molecular formula is C35H35N3O4. The molecule has 0 aliphatic carbocycles. The van der Waals surface area contributed by atoms with Crippen LogP contribution in [0.25, 0.3) is 39.2 Å². The van der Waals surface area contributed by atoms with Gasteiger partial charge in [-0.05, 0) is 78.4 Å². The second-order valence-electron chi connectivity index (χ2n) is 10.8. The zero-order valence-electron chi connectivity index (χ0n) is 24.2. The van der Waals surface area contributed by atoms with Crippen LogP contribution in [0.3, 0.4) is 0 Å². The van der Waals surface area contributed by atoms with E-state index in [9.17, 15) is 9.90 Å². The Kier molecular flexibility index (Phi) is 7.68. The summed E-state index contributed by atoms with van der Waals surface area (Å²) in [6.07, 6.45) is 6.48. The summed E-state index contributed by atoms with van der Waals surface area (Å²) in [4.78, 5) is 18.7. The number of pyridine rings is 1. The molecule has 214 valence electrons. The number of likely N-dealkylation sites (tertiary alicyclic amines) is 1. The zero-order valence-corrected chi connectivity index (χ0v) is 24.2. The highest BCUT2D eigenvalue weighted by molar-refractivity contribution is 5.80. The first kappa shape index (κ1) is 27.5. The largest absolute Gasteiger partial charge is 0.496 e. The molecule has 3 aromatic carbocycles. The smallest absolute Gasteiger partial charge is 0.320 e. The van der Waals surface area contributed by atoms with Crippen molar-refractivity contribution in [3.05, 3.63) is 96.3 Å². The maximum absolute atomic E-state index is 11.9. The summed E-state index contributed by atoms with van der Waals surface area (Å²) in [5.41, 5.74) is 9.43. The lowest BCUT2D eigenvalue weighted by molar-refractivity contribution is -0.144. The number of imidazole rings is 1. The third kappa shape index (κ3) is 5.12. The van der Waals surface area contributed by atoms with Crippen LogP contribution in [0.15, 0.2) is 85.2 Å².